The van der Waals surface area contributed by atoms with Crippen LogP contribution in [0.1, 0.15) is 23.0 Å². The van der Waals surface area contributed by atoms with Crippen LogP contribution in [-0.2, 0) is 0 Å². The van der Waals surface area contributed by atoms with Crippen LogP contribution in [-0.4, -0.2) is 9.97 Å². The number of anilines is 1. The third-order valence-electron chi connectivity index (χ3n) is 4.37. The number of nitrogens with zero attached hydrogens (tertiary/aromatic N) is 1. The van der Waals surface area contributed by atoms with Gasteiger partial charge in [-0.15, -0.1) is 0 Å². The molecule has 0 saturated heterocycles. The lowest BCUT2D eigenvalue weighted by Gasteiger charge is -2.20. The highest BCUT2D eigenvalue weighted by atomic mass is 79.9. The molecule has 4 heteroatoms. The number of hydrogen-bond donors (Lipinski definition) is 2. The van der Waals surface area contributed by atoms with Crippen molar-refractivity contribution < 1.29 is 0 Å². The van der Waals surface area contributed by atoms with Gasteiger partial charge in [-0.25, -0.2) is 0 Å². The molecule has 2 aromatic carbocycles. The average Bonchev–Trinajstić information content (AvgIpc) is 2.98. The fourth-order valence-corrected chi connectivity index (χ4v) is 3.49. The Balaban J connectivity index is 1.85. The number of para-hydroxylation sites is 1. The molecule has 2 N–H and O–H groups in total. The van der Waals surface area contributed by atoms with E-state index in [1.165, 1.54) is 10.9 Å². The molecule has 1 atom stereocenters. The molecule has 4 rings (SSSR count). The molecule has 0 aliphatic rings. The van der Waals surface area contributed by atoms with Crippen molar-refractivity contribution in [3.63, 3.8) is 0 Å². The van der Waals surface area contributed by atoms with E-state index in [4.69, 9.17) is 0 Å². The van der Waals surface area contributed by atoms with Crippen LogP contribution in [0.25, 0.3) is 10.9 Å². The molecule has 25 heavy (non-hydrogen) atoms. The third-order valence-corrected chi connectivity index (χ3v) is 4.90. The van der Waals surface area contributed by atoms with E-state index in [2.05, 4.69) is 80.6 Å². The van der Waals surface area contributed by atoms with Gasteiger partial charge in [0.1, 0.15) is 0 Å². The summed E-state index contributed by atoms with van der Waals surface area (Å²) >= 11 is 3.49. The van der Waals surface area contributed by atoms with Crippen LogP contribution < -0.4 is 5.32 Å². The van der Waals surface area contributed by atoms with Gasteiger partial charge >= 0.3 is 0 Å². The second kappa shape index (κ2) is 6.73. The minimum Gasteiger partial charge on any atom is -0.373 e. The van der Waals surface area contributed by atoms with Gasteiger partial charge in [0, 0.05) is 38.5 Å². The molecule has 2 aromatic heterocycles. The van der Waals surface area contributed by atoms with Crippen molar-refractivity contribution >= 4 is 32.5 Å². The van der Waals surface area contributed by atoms with Gasteiger partial charge in [-0.2, -0.15) is 0 Å². The van der Waals surface area contributed by atoms with Gasteiger partial charge in [0.15, 0.2) is 0 Å². The predicted molar refractivity (Wildman–Crippen MR) is 107 cm³/mol. The lowest BCUT2D eigenvalue weighted by Crippen LogP contribution is -2.14. The zero-order valence-electron chi connectivity index (χ0n) is 13.8. The number of pyridine rings is 1. The molecule has 0 bridgehead atoms. The molecule has 0 aliphatic heterocycles. The van der Waals surface area contributed by atoms with Gasteiger partial charge in [-0.1, -0.05) is 40.2 Å². The molecule has 3 nitrogen and oxygen atoms in total. The number of rotatable bonds is 4. The van der Waals surface area contributed by atoms with E-state index in [9.17, 15) is 0 Å². The molecule has 0 saturated carbocycles. The first kappa shape index (κ1) is 15.9. The summed E-state index contributed by atoms with van der Waals surface area (Å²) in [5.74, 6) is 0. The normalized spacial score (nSPS) is 12.2. The smallest absolute Gasteiger partial charge is 0.0963 e. The fraction of sp³-hybridized carbons (Fsp3) is 0.0952. The first-order valence-corrected chi connectivity index (χ1v) is 9.02. The molecule has 0 aliphatic carbocycles. The van der Waals surface area contributed by atoms with Crippen LogP contribution in [0.2, 0.25) is 0 Å². The van der Waals surface area contributed by atoms with E-state index in [1.54, 1.807) is 0 Å². The molecule has 0 spiro atoms. The van der Waals surface area contributed by atoms with Gasteiger partial charge in [-0.3, -0.25) is 4.98 Å². The minimum atomic E-state index is -0.0291. The fourth-order valence-electron chi connectivity index (χ4n) is 3.22. The summed E-state index contributed by atoms with van der Waals surface area (Å²) in [6, 6.07) is 22.7. The lowest BCUT2D eigenvalue weighted by molar-refractivity contribution is 0.884. The highest BCUT2D eigenvalue weighted by Crippen LogP contribution is 2.33. The van der Waals surface area contributed by atoms with E-state index >= 15 is 0 Å². The van der Waals surface area contributed by atoms with Crippen LogP contribution in [0.4, 0.5) is 5.69 Å². The molecule has 0 amide bonds. The van der Waals surface area contributed by atoms with Gasteiger partial charge in [0.05, 0.1) is 11.7 Å². The zero-order valence-corrected chi connectivity index (χ0v) is 15.4. The summed E-state index contributed by atoms with van der Waals surface area (Å²) in [5, 5.41) is 4.88. The van der Waals surface area contributed by atoms with Crippen molar-refractivity contribution in [2.75, 3.05) is 5.32 Å². The number of aryl methyl sites for hydroxylation is 1. The van der Waals surface area contributed by atoms with E-state index in [1.807, 2.05) is 30.5 Å². The largest absolute Gasteiger partial charge is 0.373 e. The van der Waals surface area contributed by atoms with Crippen molar-refractivity contribution in [3.05, 3.63) is 94.4 Å². The van der Waals surface area contributed by atoms with Gasteiger partial charge < -0.3 is 10.3 Å². The molecule has 124 valence electrons. The average molecular weight is 392 g/mol. The maximum Gasteiger partial charge on any atom is 0.0963 e. The van der Waals surface area contributed by atoms with Crippen molar-refractivity contribution in [1.82, 2.24) is 9.97 Å². The summed E-state index contributed by atoms with van der Waals surface area (Å²) in [4.78, 5) is 8.11. The summed E-state index contributed by atoms with van der Waals surface area (Å²) in [6.07, 6.45) is 1.84. The van der Waals surface area contributed by atoms with Gasteiger partial charge in [-0.05, 0) is 49.4 Å². The number of H-pyrrole nitrogens is 1. The third kappa shape index (κ3) is 3.17. The Kier molecular flexibility index (Phi) is 4.28. The monoisotopic (exact) mass is 391 g/mol. The number of hydrogen-bond acceptors (Lipinski definition) is 2. The van der Waals surface area contributed by atoms with Crippen molar-refractivity contribution in [2.45, 2.75) is 13.0 Å². The van der Waals surface area contributed by atoms with E-state index in [0.29, 0.717) is 0 Å². The first-order chi connectivity index (χ1) is 12.2. The maximum absolute atomic E-state index is 4.61. The number of benzene rings is 2. The summed E-state index contributed by atoms with van der Waals surface area (Å²) in [5.41, 5.74) is 5.59. The SMILES string of the molecule is Cc1[nH]c2ccccc2c1C(Nc1ccc(Br)cc1)c1ccccn1. The zero-order chi connectivity index (χ0) is 17.2. The number of halogens is 1. The Morgan fingerprint density at radius 3 is 2.48 bits per heavy atom. The lowest BCUT2D eigenvalue weighted by atomic mass is 9.99. The summed E-state index contributed by atoms with van der Waals surface area (Å²) in [7, 11) is 0. The number of aromatic nitrogens is 2. The number of fused-ring (bicyclic) bond motifs is 1. The second-order valence-electron chi connectivity index (χ2n) is 6.05. The molecular weight excluding hydrogens is 374 g/mol. The van der Waals surface area contributed by atoms with Crippen molar-refractivity contribution in [2.24, 2.45) is 0 Å². The minimum absolute atomic E-state index is 0.0291. The van der Waals surface area contributed by atoms with Crippen LogP contribution >= 0.6 is 15.9 Å². The van der Waals surface area contributed by atoms with Crippen LogP contribution in [0.5, 0.6) is 0 Å². The topological polar surface area (TPSA) is 40.7 Å². The van der Waals surface area contributed by atoms with Gasteiger partial charge in [0.2, 0.25) is 0 Å². The predicted octanol–water partition coefficient (Wildman–Crippen LogP) is 5.84. The molecular formula is C21H18BrN3. The highest BCUT2D eigenvalue weighted by molar-refractivity contribution is 9.10. The Labute approximate surface area is 155 Å². The van der Waals surface area contributed by atoms with Crippen LogP contribution in [0.3, 0.4) is 0 Å². The summed E-state index contributed by atoms with van der Waals surface area (Å²) in [6.45, 7) is 2.12. The summed E-state index contributed by atoms with van der Waals surface area (Å²) < 4.78 is 1.07. The van der Waals surface area contributed by atoms with Crippen molar-refractivity contribution in [1.29, 1.82) is 0 Å². The van der Waals surface area contributed by atoms with Crippen LogP contribution in [0.15, 0.2) is 77.4 Å². The van der Waals surface area contributed by atoms with E-state index < -0.39 is 0 Å². The maximum atomic E-state index is 4.61. The molecule has 2 heterocycles. The van der Waals surface area contributed by atoms with Crippen LogP contribution in [0, 0.1) is 6.92 Å². The van der Waals surface area contributed by atoms with E-state index in [0.717, 1.165) is 27.1 Å². The molecule has 0 radical (unpaired) electrons. The molecule has 0 fully saturated rings. The Morgan fingerprint density at radius 2 is 1.72 bits per heavy atom. The van der Waals surface area contributed by atoms with E-state index in [-0.39, 0.29) is 6.04 Å². The Hall–Kier alpha value is -2.59. The first-order valence-electron chi connectivity index (χ1n) is 8.22. The number of nitrogens with one attached hydrogen (secondary N) is 2. The van der Waals surface area contributed by atoms with Gasteiger partial charge in [0.25, 0.3) is 0 Å². The second-order valence-corrected chi connectivity index (χ2v) is 6.96. The van der Waals surface area contributed by atoms with Crippen molar-refractivity contribution in [3.8, 4) is 0 Å². The molecule has 4 aromatic rings. The standard InChI is InChI=1S/C21H18BrN3/c1-14-20(17-6-2-3-7-18(17)24-14)21(19-8-4-5-13-23-19)25-16-11-9-15(22)10-12-16/h2-13,21,24-25H,1H3. The Morgan fingerprint density at radius 1 is 0.960 bits per heavy atom. The molecule has 1 unspecified atom stereocenters. The quantitative estimate of drug-likeness (QED) is 0.458. The Bertz CT molecular complexity index is 991. The number of aromatic amines is 1. The highest BCUT2D eigenvalue weighted by Gasteiger charge is 2.21.